The van der Waals surface area contributed by atoms with Crippen LogP contribution in [0.15, 0.2) is 24.3 Å². The molecule has 4 nitrogen and oxygen atoms in total. The fourth-order valence-electron chi connectivity index (χ4n) is 3.05. The van der Waals surface area contributed by atoms with Crippen LogP contribution >= 0.6 is 0 Å². The van der Waals surface area contributed by atoms with Gasteiger partial charge in [0.15, 0.2) is 11.6 Å². The number of hydrogen-bond acceptors (Lipinski definition) is 3. The summed E-state index contributed by atoms with van der Waals surface area (Å²) in [4.78, 5) is 28.9. The Balaban J connectivity index is 2.06. The highest BCUT2D eigenvalue weighted by molar-refractivity contribution is 6.03. The zero-order valence-corrected chi connectivity index (χ0v) is 15.1. The highest BCUT2D eigenvalue weighted by atomic mass is 19.4. The predicted octanol–water partition coefficient (Wildman–Crippen LogP) is 4.17. The smallest absolute Gasteiger partial charge is 0.355 e. The van der Waals surface area contributed by atoms with Crippen molar-refractivity contribution in [2.75, 3.05) is 13.6 Å². The van der Waals surface area contributed by atoms with E-state index in [1.54, 1.807) is 25.8 Å². The number of ketones is 2. The molecule has 26 heavy (non-hydrogen) atoms. The van der Waals surface area contributed by atoms with Crippen molar-refractivity contribution in [2.45, 2.75) is 33.5 Å². The van der Waals surface area contributed by atoms with Crippen molar-refractivity contribution < 1.29 is 22.8 Å². The number of Topliss-reactive ketones (excluding diaryl/α,β-unsaturated/α-hetero) is 2. The Morgan fingerprint density at radius 1 is 1.12 bits per heavy atom. The van der Waals surface area contributed by atoms with Crippen molar-refractivity contribution in [1.82, 2.24) is 9.88 Å². The van der Waals surface area contributed by atoms with E-state index in [4.69, 9.17) is 0 Å². The van der Waals surface area contributed by atoms with Gasteiger partial charge in [0.2, 0.25) is 0 Å². The fourth-order valence-corrected chi connectivity index (χ4v) is 3.05. The minimum Gasteiger partial charge on any atom is -0.355 e. The first-order chi connectivity index (χ1) is 12.0. The third-order valence-electron chi connectivity index (χ3n) is 4.22. The summed E-state index contributed by atoms with van der Waals surface area (Å²) in [6.45, 7) is 5.34. The van der Waals surface area contributed by atoms with Gasteiger partial charge in [-0.15, -0.1) is 0 Å². The van der Waals surface area contributed by atoms with E-state index < -0.39 is 11.7 Å². The highest BCUT2D eigenvalue weighted by Crippen LogP contribution is 2.29. The van der Waals surface area contributed by atoms with E-state index in [9.17, 15) is 22.8 Å². The number of nitrogens with zero attached hydrogens (tertiary/aromatic N) is 1. The van der Waals surface area contributed by atoms with Crippen LogP contribution in [-0.2, 0) is 12.7 Å². The standard InChI is InChI=1S/C19H21F3N2O2/c1-11-17(13(3)25)12(2)23-18(11)16(26)10-24(4)9-14-5-7-15(8-6-14)19(20,21)22/h5-8,23H,9-10H2,1-4H3. The number of hydrogen-bond donors (Lipinski definition) is 1. The van der Waals surface area contributed by atoms with Gasteiger partial charge in [0, 0.05) is 17.8 Å². The average Bonchev–Trinajstić information content (AvgIpc) is 2.81. The van der Waals surface area contributed by atoms with Crippen LogP contribution in [-0.4, -0.2) is 35.0 Å². The minimum atomic E-state index is -4.36. The maximum absolute atomic E-state index is 12.6. The topological polar surface area (TPSA) is 53.2 Å². The number of aromatic nitrogens is 1. The Bertz CT molecular complexity index is 821. The number of nitrogens with one attached hydrogen (secondary N) is 1. The number of likely N-dealkylation sites (N-methyl/N-ethyl adjacent to an activating group) is 1. The van der Waals surface area contributed by atoms with Gasteiger partial charge in [0.25, 0.3) is 0 Å². The number of rotatable bonds is 6. The monoisotopic (exact) mass is 366 g/mol. The molecule has 0 fully saturated rings. The lowest BCUT2D eigenvalue weighted by atomic mass is 10.1. The van der Waals surface area contributed by atoms with E-state index in [2.05, 4.69) is 4.98 Å². The number of carbonyl (C=O) groups excluding carboxylic acids is 2. The second kappa shape index (κ2) is 7.45. The number of aromatic amines is 1. The fraction of sp³-hybridized carbons (Fsp3) is 0.368. The van der Waals surface area contributed by atoms with Crippen LogP contribution in [0.4, 0.5) is 13.2 Å². The van der Waals surface area contributed by atoms with Crippen LogP contribution < -0.4 is 0 Å². The van der Waals surface area contributed by atoms with Gasteiger partial charge in [0.1, 0.15) is 0 Å². The number of alkyl halides is 3. The molecule has 0 spiro atoms. The molecular weight excluding hydrogens is 345 g/mol. The third kappa shape index (κ3) is 4.40. The van der Waals surface area contributed by atoms with E-state index in [1.165, 1.54) is 19.1 Å². The number of H-pyrrole nitrogens is 1. The van der Waals surface area contributed by atoms with Crippen molar-refractivity contribution in [2.24, 2.45) is 0 Å². The molecule has 0 radical (unpaired) electrons. The predicted molar refractivity (Wildman–Crippen MR) is 92.4 cm³/mol. The molecule has 0 atom stereocenters. The molecule has 0 saturated carbocycles. The number of halogens is 3. The van der Waals surface area contributed by atoms with Crippen LogP contribution in [0.1, 0.15) is 50.2 Å². The molecule has 1 aromatic heterocycles. The average molecular weight is 366 g/mol. The van der Waals surface area contributed by atoms with Gasteiger partial charge < -0.3 is 4.98 Å². The van der Waals surface area contributed by atoms with E-state index >= 15 is 0 Å². The Kier molecular flexibility index (Phi) is 5.71. The van der Waals surface area contributed by atoms with E-state index in [-0.39, 0.29) is 18.1 Å². The molecule has 0 unspecified atom stereocenters. The van der Waals surface area contributed by atoms with Crippen molar-refractivity contribution in [3.63, 3.8) is 0 Å². The number of aryl methyl sites for hydroxylation is 1. The maximum atomic E-state index is 12.6. The molecule has 0 aliphatic heterocycles. The number of benzene rings is 1. The maximum Gasteiger partial charge on any atom is 0.416 e. The second-order valence-corrected chi connectivity index (χ2v) is 6.47. The second-order valence-electron chi connectivity index (χ2n) is 6.47. The third-order valence-corrected chi connectivity index (χ3v) is 4.22. The molecule has 1 aromatic carbocycles. The Morgan fingerprint density at radius 2 is 1.69 bits per heavy atom. The van der Waals surface area contributed by atoms with Gasteiger partial charge >= 0.3 is 6.18 Å². The molecule has 0 saturated heterocycles. The molecular formula is C19H21F3N2O2. The normalized spacial score (nSPS) is 11.8. The summed E-state index contributed by atoms with van der Waals surface area (Å²) in [6.07, 6.45) is -4.36. The lowest BCUT2D eigenvalue weighted by Crippen LogP contribution is -2.26. The molecule has 0 aliphatic rings. The van der Waals surface area contributed by atoms with Crippen LogP contribution in [0.2, 0.25) is 0 Å². The quantitative estimate of drug-likeness (QED) is 0.781. The summed E-state index contributed by atoms with van der Waals surface area (Å²) in [7, 11) is 1.71. The Morgan fingerprint density at radius 3 is 2.15 bits per heavy atom. The minimum absolute atomic E-state index is 0.0825. The lowest BCUT2D eigenvalue weighted by molar-refractivity contribution is -0.137. The van der Waals surface area contributed by atoms with Crippen LogP contribution in [0.5, 0.6) is 0 Å². The van der Waals surface area contributed by atoms with E-state index in [1.807, 2.05) is 0 Å². The lowest BCUT2D eigenvalue weighted by Gasteiger charge is -2.16. The summed E-state index contributed by atoms with van der Waals surface area (Å²) >= 11 is 0. The largest absolute Gasteiger partial charge is 0.416 e. The zero-order chi connectivity index (χ0) is 19.6. The first kappa shape index (κ1) is 19.9. The van der Waals surface area contributed by atoms with Gasteiger partial charge in [-0.2, -0.15) is 13.2 Å². The van der Waals surface area contributed by atoms with Gasteiger partial charge in [-0.3, -0.25) is 14.5 Å². The summed E-state index contributed by atoms with van der Waals surface area (Å²) in [5.41, 5.74) is 2.18. The van der Waals surface area contributed by atoms with Gasteiger partial charge in [0.05, 0.1) is 17.8 Å². The van der Waals surface area contributed by atoms with E-state index in [0.29, 0.717) is 34.6 Å². The van der Waals surface area contributed by atoms with Crippen molar-refractivity contribution >= 4 is 11.6 Å². The first-order valence-electron chi connectivity index (χ1n) is 8.08. The Hall–Kier alpha value is -2.41. The first-order valence-corrected chi connectivity index (χ1v) is 8.08. The van der Waals surface area contributed by atoms with Gasteiger partial charge in [-0.1, -0.05) is 12.1 Å². The molecule has 2 aromatic rings. The van der Waals surface area contributed by atoms with Crippen LogP contribution in [0.3, 0.4) is 0 Å². The van der Waals surface area contributed by atoms with Crippen molar-refractivity contribution in [3.05, 3.63) is 57.9 Å². The zero-order valence-electron chi connectivity index (χ0n) is 15.1. The molecule has 0 amide bonds. The Labute approximate surface area is 150 Å². The summed E-state index contributed by atoms with van der Waals surface area (Å²) in [6, 6.07) is 4.87. The summed E-state index contributed by atoms with van der Waals surface area (Å²) in [5.74, 6) is -0.277. The van der Waals surface area contributed by atoms with Gasteiger partial charge in [-0.05, 0) is 51.1 Å². The van der Waals surface area contributed by atoms with Crippen LogP contribution in [0.25, 0.3) is 0 Å². The summed E-state index contributed by atoms with van der Waals surface area (Å²) in [5, 5.41) is 0. The molecule has 0 aliphatic carbocycles. The number of carbonyl (C=O) groups is 2. The van der Waals surface area contributed by atoms with E-state index in [0.717, 1.165) is 12.1 Å². The van der Waals surface area contributed by atoms with Crippen molar-refractivity contribution in [1.29, 1.82) is 0 Å². The summed E-state index contributed by atoms with van der Waals surface area (Å²) < 4.78 is 37.8. The molecule has 1 N–H and O–H groups in total. The van der Waals surface area contributed by atoms with Crippen LogP contribution in [0, 0.1) is 13.8 Å². The molecule has 2 rings (SSSR count). The highest BCUT2D eigenvalue weighted by Gasteiger charge is 2.30. The van der Waals surface area contributed by atoms with Gasteiger partial charge in [-0.25, -0.2) is 0 Å². The molecule has 1 heterocycles. The molecule has 140 valence electrons. The van der Waals surface area contributed by atoms with Crippen molar-refractivity contribution in [3.8, 4) is 0 Å². The SMILES string of the molecule is CC(=O)c1c(C)[nH]c(C(=O)CN(C)Cc2ccc(C(F)(F)F)cc2)c1C. The molecule has 7 heteroatoms. The molecule has 0 bridgehead atoms.